The van der Waals surface area contributed by atoms with E-state index >= 15 is 0 Å². The van der Waals surface area contributed by atoms with Crippen LogP contribution in [0.4, 0.5) is 10.1 Å². The Hall–Kier alpha value is -2.36. The van der Waals surface area contributed by atoms with E-state index in [4.69, 9.17) is 5.73 Å². The Labute approximate surface area is 136 Å². The summed E-state index contributed by atoms with van der Waals surface area (Å²) in [6.07, 6.45) is 0.252. The molecule has 122 valence electrons. The van der Waals surface area contributed by atoms with Crippen molar-refractivity contribution in [2.75, 3.05) is 11.4 Å². The summed E-state index contributed by atoms with van der Waals surface area (Å²) in [6.45, 7) is 5.94. The molecule has 3 nitrogen and oxygen atoms in total. The van der Waals surface area contributed by atoms with Gasteiger partial charge >= 0.3 is 0 Å². The Morgan fingerprint density at radius 3 is 2.13 bits per heavy atom. The Kier molecular flexibility index (Phi) is 5.74. The molecule has 0 fully saturated rings. The molecule has 0 aliphatic rings. The number of benzene rings is 2. The molecule has 2 aromatic carbocycles. The van der Waals surface area contributed by atoms with E-state index in [1.54, 1.807) is 0 Å². The van der Waals surface area contributed by atoms with Crippen LogP contribution >= 0.6 is 0 Å². The van der Waals surface area contributed by atoms with Gasteiger partial charge in [0.15, 0.2) is 0 Å². The first-order valence-electron chi connectivity index (χ1n) is 7.80. The van der Waals surface area contributed by atoms with E-state index in [2.05, 4.69) is 18.7 Å². The minimum absolute atomic E-state index is 0.222. The fourth-order valence-electron chi connectivity index (χ4n) is 2.54. The summed E-state index contributed by atoms with van der Waals surface area (Å²) in [5, 5.41) is 0. The van der Waals surface area contributed by atoms with Crippen LogP contribution in [0.2, 0.25) is 0 Å². The molecule has 0 aliphatic heterocycles. The summed E-state index contributed by atoms with van der Waals surface area (Å²) in [6, 6.07) is 14.5. The first kappa shape index (κ1) is 17.0. The van der Waals surface area contributed by atoms with E-state index < -0.39 is 0 Å². The highest BCUT2D eigenvalue weighted by atomic mass is 19.1. The van der Waals surface area contributed by atoms with Crippen molar-refractivity contribution in [1.29, 1.82) is 0 Å². The van der Waals surface area contributed by atoms with Crippen molar-refractivity contribution in [2.24, 2.45) is 11.7 Å². The second-order valence-corrected chi connectivity index (χ2v) is 6.21. The number of hydrogen-bond donors (Lipinski definition) is 1. The maximum absolute atomic E-state index is 13.1. The molecule has 0 atom stereocenters. The second kappa shape index (κ2) is 7.77. The minimum atomic E-state index is -0.330. The smallest absolute Gasteiger partial charge is 0.221 e. The largest absolute Gasteiger partial charge is 0.369 e. The number of carbonyl (C=O) groups excluding carboxylic acids is 1. The van der Waals surface area contributed by atoms with Crippen LogP contribution in [0.15, 0.2) is 48.5 Å². The zero-order valence-corrected chi connectivity index (χ0v) is 13.6. The lowest BCUT2D eigenvalue weighted by atomic mass is 10.1. The van der Waals surface area contributed by atoms with Crippen molar-refractivity contribution < 1.29 is 9.18 Å². The van der Waals surface area contributed by atoms with E-state index in [1.807, 2.05) is 36.4 Å². The van der Waals surface area contributed by atoms with E-state index in [-0.39, 0.29) is 18.1 Å². The molecule has 2 N–H and O–H groups in total. The highest BCUT2D eigenvalue weighted by molar-refractivity contribution is 5.76. The number of rotatable bonds is 7. The Morgan fingerprint density at radius 2 is 1.61 bits per heavy atom. The average molecular weight is 314 g/mol. The highest BCUT2D eigenvalue weighted by Gasteiger charge is 2.10. The van der Waals surface area contributed by atoms with E-state index in [0.717, 1.165) is 23.4 Å². The molecule has 23 heavy (non-hydrogen) atoms. The molecule has 2 rings (SSSR count). The minimum Gasteiger partial charge on any atom is -0.369 e. The van der Waals surface area contributed by atoms with Gasteiger partial charge in [-0.3, -0.25) is 4.79 Å². The molecular formula is C19H23FN2O. The van der Waals surface area contributed by atoms with Crippen LogP contribution in [0, 0.1) is 11.7 Å². The van der Waals surface area contributed by atoms with Crippen molar-refractivity contribution in [3.8, 4) is 0 Å². The Balaban J connectivity index is 2.16. The van der Waals surface area contributed by atoms with Gasteiger partial charge in [0.25, 0.3) is 0 Å². The number of hydrogen-bond acceptors (Lipinski definition) is 2. The van der Waals surface area contributed by atoms with Crippen molar-refractivity contribution >= 4 is 11.6 Å². The van der Waals surface area contributed by atoms with Crippen LogP contribution in [-0.4, -0.2) is 12.5 Å². The number of halogens is 1. The quantitative estimate of drug-likeness (QED) is 0.850. The molecule has 4 heteroatoms. The summed E-state index contributed by atoms with van der Waals surface area (Å²) >= 11 is 0. The topological polar surface area (TPSA) is 46.3 Å². The third kappa shape index (κ3) is 5.40. The first-order chi connectivity index (χ1) is 10.9. The Morgan fingerprint density at radius 1 is 1.04 bits per heavy atom. The van der Waals surface area contributed by atoms with Gasteiger partial charge in [-0.05, 0) is 41.3 Å². The molecular weight excluding hydrogens is 291 g/mol. The number of nitrogens with zero attached hydrogens (tertiary/aromatic N) is 1. The fraction of sp³-hybridized carbons (Fsp3) is 0.316. The average Bonchev–Trinajstić information content (AvgIpc) is 2.48. The van der Waals surface area contributed by atoms with Crippen LogP contribution < -0.4 is 10.6 Å². The third-order valence-corrected chi connectivity index (χ3v) is 3.55. The lowest BCUT2D eigenvalue weighted by Crippen LogP contribution is -2.27. The normalized spacial score (nSPS) is 10.8. The molecule has 0 spiro atoms. The van der Waals surface area contributed by atoms with Gasteiger partial charge in [0.1, 0.15) is 5.82 Å². The van der Waals surface area contributed by atoms with E-state index in [1.165, 1.54) is 12.1 Å². The summed E-state index contributed by atoms with van der Waals surface area (Å²) in [7, 11) is 0. The molecule has 0 saturated carbocycles. The number of carbonyl (C=O) groups is 1. The number of anilines is 1. The van der Waals surface area contributed by atoms with Gasteiger partial charge in [0, 0.05) is 18.8 Å². The van der Waals surface area contributed by atoms with E-state index in [9.17, 15) is 9.18 Å². The summed E-state index contributed by atoms with van der Waals surface area (Å²) in [5.41, 5.74) is 8.28. The fourth-order valence-corrected chi connectivity index (χ4v) is 2.54. The van der Waals surface area contributed by atoms with Gasteiger partial charge in [0.2, 0.25) is 5.91 Å². The van der Waals surface area contributed by atoms with Crippen LogP contribution in [0.1, 0.15) is 25.0 Å². The van der Waals surface area contributed by atoms with Gasteiger partial charge in [0.05, 0.1) is 6.42 Å². The summed E-state index contributed by atoms with van der Waals surface area (Å²) < 4.78 is 13.1. The second-order valence-electron chi connectivity index (χ2n) is 6.21. The van der Waals surface area contributed by atoms with Gasteiger partial charge in [-0.15, -0.1) is 0 Å². The molecule has 0 aliphatic carbocycles. The number of nitrogens with two attached hydrogens (primary N) is 1. The zero-order valence-electron chi connectivity index (χ0n) is 13.6. The highest BCUT2D eigenvalue weighted by Crippen LogP contribution is 2.20. The van der Waals surface area contributed by atoms with Crippen molar-refractivity contribution in [1.82, 2.24) is 0 Å². The Bertz CT molecular complexity index is 635. The maximum Gasteiger partial charge on any atom is 0.221 e. The van der Waals surface area contributed by atoms with Gasteiger partial charge < -0.3 is 10.6 Å². The molecule has 0 saturated heterocycles. The van der Waals surface area contributed by atoms with Crippen LogP contribution in [0.5, 0.6) is 0 Å². The van der Waals surface area contributed by atoms with Crippen LogP contribution in [0.25, 0.3) is 0 Å². The zero-order chi connectivity index (χ0) is 16.8. The first-order valence-corrected chi connectivity index (χ1v) is 7.80. The molecule has 0 unspecified atom stereocenters. The van der Waals surface area contributed by atoms with Crippen LogP contribution in [-0.2, 0) is 17.8 Å². The molecule has 2 aromatic rings. The molecule has 0 radical (unpaired) electrons. The number of amides is 1. The van der Waals surface area contributed by atoms with Crippen molar-refractivity contribution in [3.63, 3.8) is 0 Å². The predicted molar refractivity (Wildman–Crippen MR) is 91.6 cm³/mol. The van der Waals surface area contributed by atoms with Gasteiger partial charge in [-0.2, -0.15) is 0 Å². The summed E-state index contributed by atoms with van der Waals surface area (Å²) in [5.74, 6) is -0.0520. The third-order valence-electron chi connectivity index (χ3n) is 3.55. The maximum atomic E-state index is 13.1. The molecule has 0 aromatic heterocycles. The molecule has 0 bridgehead atoms. The SMILES string of the molecule is CC(C)CN(Cc1ccc(F)cc1)c1ccc(CC(N)=O)cc1. The van der Waals surface area contributed by atoms with Crippen molar-refractivity contribution in [2.45, 2.75) is 26.8 Å². The monoisotopic (exact) mass is 314 g/mol. The van der Waals surface area contributed by atoms with Crippen molar-refractivity contribution in [3.05, 3.63) is 65.5 Å². The van der Waals surface area contributed by atoms with Gasteiger partial charge in [-0.1, -0.05) is 38.1 Å². The van der Waals surface area contributed by atoms with Crippen LogP contribution in [0.3, 0.4) is 0 Å². The summed E-state index contributed by atoms with van der Waals surface area (Å²) in [4.78, 5) is 13.2. The molecule has 0 heterocycles. The predicted octanol–water partition coefficient (Wildman–Crippen LogP) is 3.52. The van der Waals surface area contributed by atoms with E-state index in [0.29, 0.717) is 12.5 Å². The standard InChI is InChI=1S/C19H23FN2O/c1-14(2)12-22(13-16-3-7-17(20)8-4-16)18-9-5-15(6-10-18)11-19(21)23/h3-10,14H,11-13H2,1-2H3,(H2,21,23). The molecule has 1 amide bonds. The lowest BCUT2D eigenvalue weighted by Gasteiger charge is -2.27. The lowest BCUT2D eigenvalue weighted by molar-refractivity contribution is -0.117. The number of primary amides is 1. The van der Waals surface area contributed by atoms with Gasteiger partial charge in [-0.25, -0.2) is 4.39 Å².